The fourth-order valence-electron chi connectivity index (χ4n) is 2.81. The van der Waals surface area contributed by atoms with Gasteiger partial charge in [0.2, 0.25) is 5.91 Å². The number of amides is 1. The molecule has 1 saturated carbocycles. The van der Waals surface area contributed by atoms with Crippen LogP contribution in [0.3, 0.4) is 0 Å². The molecule has 4 heteroatoms. The highest BCUT2D eigenvalue weighted by Gasteiger charge is 2.33. The third-order valence-electron chi connectivity index (χ3n) is 3.95. The number of carboxylic acid groups (broad SMARTS) is 1. The molecule has 0 unspecified atom stereocenters. The zero-order valence-corrected chi connectivity index (χ0v) is 11.8. The van der Waals surface area contributed by atoms with Gasteiger partial charge in [-0.3, -0.25) is 9.59 Å². The maximum absolute atomic E-state index is 12.2. The molecule has 4 nitrogen and oxygen atoms in total. The standard InChI is InChI=1S/C16H21NO3/c1-2-5-11-6-3-4-7-14(11)17-15(18)12-8-9-13(10-12)16(19)20/h3-4,6-7,12-13H,2,5,8-10H2,1H3,(H,17,18)(H,19,20)/t12-,13+/m1/s1. The van der Waals surface area contributed by atoms with Crippen LogP contribution < -0.4 is 5.32 Å². The first-order valence-corrected chi connectivity index (χ1v) is 7.23. The summed E-state index contributed by atoms with van der Waals surface area (Å²) in [7, 11) is 0. The summed E-state index contributed by atoms with van der Waals surface area (Å²) >= 11 is 0. The summed E-state index contributed by atoms with van der Waals surface area (Å²) in [6.07, 6.45) is 3.68. The topological polar surface area (TPSA) is 66.4 Å². The van der Waals surface area contributed by atoms with Crippen LogP contribution in [0.2, 0.25) is 0 Å². The first-order chi connectivity index (χ1) is 9.61. The van der Waals surface area contributed by atoms with E-state index in [9.17, 15) is 9.59 Å². The first-order valence-electron chi connectivity index (χ1n) is 7.23. The number of nitrogens with one attached hydrogen (secondary N) is 1. The molecule has 2 atom stereocenters. The largest absolute Gasteiger partial charge is 0.481 e. The molecule has 1 aliphatic carbocycles. The Morgan fingerprint density at radius 3 is 2.60 bits per heavy atom. The Morgan fingerprint density at radius 2 is 1.95 bits per heavy atom. The van der Waals surface area contributed by atoms with Crippen molar-refractivity contribution >= 4 is 17.6 Å². The predicted octanol–water partition coefficient (Wildman–Crippen LogP) is 3.08. The van der Waals surface area contributed by atoms with Crippen molar-refractivity contribution in [2.45, 2.75) is 39.0 Å². The molecule has 1 aromatic carbocycles. The van der Waals surface area contributed by atoms with Crippen molar-refractivity contribution in [3.63, 3.8) is 0 Å². The lowest BCUT2D eigenvalue weighted by molar-refractivity contribution is -0.141. The molecule has 0 bridgehead atoms. The number of hydrogen-bond acceptors (Lipinski definition) is 2. The number of carboxylic acids is 1. The third-order valence-corrected chi connectivity index (χ3v) is 3.95. The highest BCUT2D eigenvalue weighted by atomic mass is 16.4. The SMILES string of the molecule is CCCc1ccccc1NC(=O)[C@@H]1CC[C@H](C(=O)O)C1. The van der Waals surface area contributed by atoms with Crippen LogP contribution in [0.4, 0.5) is 5.69 Å². The van der Waals surface area contributed by atoms with E-state index in [2.05, 4.69) is 12.2 Å². The highest BCUT2D eigenvalue weighted by molar-refractivity contribution is 5.93. The van der Waals surface area contributed by atoms with Gasteiger partial charge in [-0.05, 0) is 37.3 Å². The molecule has 108 valence electrons. The number of carbonyl (C=O) groups excluding carboxylic acids is 1. The Hall–Kier alpha value is -1.84. The Morgan fingerprint density at radius 1 is 1.25 bits per heavy atom. The van der Waals surface area contributed by atoms with E-state index in [-0.39, 0.29) is 17.7 Å². The predicted molar refractivity (Wildman–Crippen MR) is 77.5 cm³/mol. The average molecular weight is 275 g/mol. The van der Waals surface area contributed by atoms with Gasteiger partial charge in [-0.1, -0.05) is 31.5 Å². The van der Waals surface area contributed by atoms with Gasteiger partial charge >= 0.3 is 5.97 Å². The number of anilines is 1. The maximum Gasteiger partial charge on any atom is 0.306 e. The normalized spacial score (nSPS) is 21.6. The summed E-state index contributed by atoms with van der Waals surface area (Å²) < 4.78 is 0. The van der Waals surface area contributed by atoms with E-state index in [0.717, 1.165) is 24.1 Å². The van der Waals surface area contributed by atoms with Gasteiger partial charge in [0.15, 0.2) is 0 Å². The van der Waals surface area contributed by atoms with Crippen LogP contribution in [0.15, 0.2) is 24.3 Å². The molecule has 0 aliphatic heterocycles. The summed E-state index contributed by atoms with van der Waals surface area (Å²) in [4.78, 5) is 23.2. The second kappa shape index (κ2) is 6.55. The van der Waals surface area contributed by atoms with Crippen molar-refractivity contribution in [2.75, 3.05) is 5.32 Å². The molecule has 2 N–H and O–H groups in total. The van der Waals surface area contributed by atoms with Crippen molar-refractivity contribution in [3.05, 3.63) is 29.8 Å². The molecule has 0 spiro atoms. The molecule has 1 fully saturated rings. The molecule has 2 rings (SSSR count). The minimum atomic E-state index is -0.785. The van der Waals surface area contributed by atoms with E-state index in [1.165, 1.54) is 0 Å². The van der Waals surface area contributed by atoms with E-state index in [1.807, 2.05) is 24.3 Å². The van der Waals surface area contributed by atoms with Crippen molar-refractivity contribution in [3.8, 4) is 0 Å². The molecule has 0 saturated heterocycles. The number of benzene rings is 1. The van der Waals surface area contributed by atoms with Gasteiger partial charge in [0.25, 0.3) is 0 Å². The second-order valence-corrected chi connectivity index (χ2v) is 5.44. The van der Waals surface area contributed by atoms with E-state index >= 15 is 0 Å². The number of rotatable bonds is 5. The third kappa shape index (κ3) is 3.38. The Balaban J connectivity index is 2.00. The Bertz CT molecular complexity index is 498. The monoisotopic (exact) mass is 275 g/mol. The molecule has 0 radical (unpaired) electrons. The fourth-order valence-corrected chi connectivity index (χ4v) is 2.81. The number of para-hydroxylation sites is 1. The average Bonchev–Trinajstić information content (AvgIpc) is 2.91. The van der Waals surface area contributed by atoms with Crippen LogP contribution in [-0.2, 0) is 16.0 Å². The van der Waals surface area contributed by atoms with E-state index in [0.29, 0.717) is 19.3 Å². The summed E-state index contributed by atoms with van der Waals surface area (Å²) in [5, 5.41) is 11.9. The van der Waals surface area contributed by atoms with Crippen LogP contribution >= 0.6 is 0 Å². The summed E-state index contributed by atoms with van der Waals surface area (Å²) in [5.41, 5.74) is 1.99. The van der Waals surface area contributed by atoms with Crippen molar-refractivity contribution in [1.82, 2.24) is 0 Å². The van der Waals surface area contributed by atoms with Gasteiger partial charge in [0.05, 0.1) is 5.92 Å². The van der Waals surface area contributed by atoms with E-state index in [4.69, 9.17) is 5.11 Å². The zero-order valence-electron chi connectivity index (χ0n) is 11.8. The van der Waals surface area contributed by atoms with Crippen LogP contribution in [-0.4, -0.2) is 17.0 Å². The Labute approximate surface area is 119 Å². The molecular formula is C16H21NO3. The maximum atomic E-state index is 12.2. The minimum Gasteiger partial charge on any atom is -0.481 e. The molecule has 20 heavy (non-hydrogen) atoms. The smallest absolute Gasteiger partial charge is 0.306 e. The highest BCUT2D eigenvalue weighted by Crippen LogP contribution is 2.32. The molecular weight excluding hydrogens is 254 g/mol. The lowest BCUT2D eigenvalue weighted by Gasteiger charge is -2.14. The number of carbonyl (C=O) groups is 2. The zero-order chi connectivity index (χ0) is 14.5. The Kier molecular flexibility index (Phi) is 4.77. The summed E-state index contributed by atoms with van der Waals surface area (Å²) in [6, 6.07) is 7.81. The van der Waals surface area contributed by atoms with Gasteiger partial charge in [0.1, 0.15) is 0 Å². The molecule has 0 aromatic heterocycles. The van der Waals surface area contributed by atoms with Gasteiger partial charge in [-0.2, -0.15) is 0 Å². The lowest BCUT2D eigenvalue weighted by atomic mass is 10.0. The van der Waals surface area contributed by atoms with Crippen molar-refractivity contribution in [2.24, 2.45) is 11.8 Å². The van der Waals surface area contributed by atoms with Crippen LogP contribution in [0.5, 0.6) is 0 Å². The van der Waals surface area contributed by atoms with Crippen LogP contribution in [0, 0.1) is 11.8 Å². The quantitative estimate of drug-likeness (QED) is 0.867. The van der Waals surface area contributed by atoms with Gasteiger partial charge in [-0.15, -0.1) is 0 Å². The number of hydrogen-bond donors (Lipinski definition) is 2. The summed E-state index contributed by atoms with van der Waals surface area (Å²) in [6.45, 7) is 2.10. The van der Waals surface area contributed by atoms with Crippen molar-refractivity contribution < 1.29 is 14.7 Å². The number of aryl methyl sites for hydroxylation is 1. The first kappa shape index (κ1) is 14.6. The molecule has 0 heterocycles. The lowest BCUT2D eigenvalue weighted by Crippen LogP contribution is -2.22. The van der Waals surface area contributed by atoms with E-state index in [1.54, 1.807) is 0 Å². The van der Waals surface area contributed by atoms with Gasteiger partial charge < -0.3 is 10.4 Å². The number of aliphatic carboxylic acids is 1. The minimum absolute atomic E-state index is 0.0442. The van der Waals surface area contributed by atoms with Gasteiger partial charge in [0, 0.05) is 11.6 Å². The van der Waals surface area contributed by atoms with Gasteiger partial charge in [-0.25, -0.2) is 0 Å². The van der Waals surface area contributed by atoms with Crippen LogP contribution in [0.25, 0.3) is 0 Å². The summed E-state index contributed by atoms with van der Waals surface area (Å²) in [5.74, 6) is -1.37. The molecule has 1 aromatic rings. The fraction of sp³-hybridized carbons (Fsp3) is 0.500. The van der Waals surface area contributed by atoms with E-state index < -0.39 is 5.97 Å². The molecule has 1 aliphatic rings. The second-order valence-electron chi connectivity index (χ2n) is 5.44. The van der Waals surface area contributed by atoms with Crippen LogP contribution in [0.1, 0.15) is 38.2 Å². The van der Waals surface area contributed by atoms with Crippen molar-refractivity contribution in [1.29, 1.82) is 0 Å². The molecule has 1 amide bonds.